The zero-order chi connectivity index (χ0) is 15.2. The predicted molar refractivity (Wildman–Crippen MR) is 85.7 cm³/mol. The maximum Gasteiger partial charge on any atom is 0.317 e. The normalized spacial score (nSPS) is 23.3. The molecule has 1 N–H and O–H groups in total. The summed E-state index contributed by atoms with van der Waals surface area (Å²) in [4.78, 5) is 16.8. The molecule has 3 rings (SSSR count). The van der Waals surface area contributed by atoms with Gasteiger partial charge in [0.05, 0.1) is 13.2 Å². The van der Waals surface area contributed by atoms with Crippen molar-refractivity contribution in [2.75, 3.05) is 39.4 Å². The van der Waals surface area contributed by atoms with Crippen LogP contribution >= 0.6 is 0 Å². The van der Waals surface area contributed by atoms with E-state index in [1.54, 1.807) is 0 Å². The smallest absolute Gasteiger partial charge is 0.317 e. The first kappa shape index (κ1) is 15.3. The average molecular weight is 303 g/mol. The number of amides is 2. The quantitative estimate of drug-likeness (QED) is 0.924. The van der Waals surface area contributed by atoms with Crippen molar-refractivity contribution in [3.05, 3.63) is 35.9 Å². The van der Waals surface area contributed by atoms with Gasteiger partial charge in [-0.3, -0.25) is 4.90 Å². The Balaban J connectivity index is 1.49. The van der Waals surface area contributed by atoms with Crippen molar-refractivity contribution in [2.24, 2.45) is 0 Å². The minimum Gasteiger partial charge on any atom is -0.379 e. The number of likely N-dealkylation sites (tertiary alicyclic amines) is 1. The number of carbonyl (C=O) groups excluding carboxylic acids is 1. The SMILES string of the molecule is O=C(NCc1ccccc1)N1CCCC(N2CCOCC2)C1. The Labute approximate surface area is 132 Å². The van der Waals surface area contributed by atoms with Crippen LogP contribution in [0.15, 0.2) is 30.3 Å². The van der Waals surface area contributed by atoms with Crippen LogP contribution in [0.4, 0.5) is 4.79 Å². The molecule has 1 aromatic rings. The van der Waals surface area contributed by atoms with Gasteiger partial charge in [0.2, 0.25) is 0 Å². The van der Waals surface area contributed by atoms with Crippen LogP contribution in [0, 0.1) is 0 Å². The van der Waals surface area contributed by atoms with E-state index >= 15 is 0 Å². The van der Waals surface area contributed by atoms with Gasteiger partial charge in [-0.1, -0.05) is 30.3 Å². The van der Waals surface area contributed by atoms with Crippen molar-refractivity contribution in [3.63, 3.8) is 0 Å². The molecule has 0 radical (unpaired) electrons. The number of morpholine rings is 1. The minimum atomic E-state index is 0.0572. The molecule has 2 amide bonds. The number of benzene rings is 1. The Hall–Kier alpha value is -1.59. The summed E-state index contributed by atoms with van der Waals surface area (Å²) in [6, 6.07) is 10.6. The fourth-order valence-corrected chi connectivity index (χ4v) is 3.27. The Morgan fingerprint density at radius 3 is 2.73 bits per heavy atom. The van der Waals surface area contributed by atoms with E-state index in [0.717, 1.165) is 51.4 Å². The molecule has 0 spiro atoms. The van der Waals surface area contributed by atoms with Crippen LogP contribution in [0.3, 0.4) is 0 Å². The molecule has 0 aliphatic carbocycles. The Morgan fingerprint density at radius 2 is 1.95 bits per heavy atom. The number of ether oxygens (including phenoxy) is 1. The summed E-state index contributed by atoms with van der Waals surface area (Å²) in [7, 11) is 0. The maximum absolute atomic E-state index is 12.4. The summed E-state index contributed by atoms with van der Waals surface area (Å²) in [5.41, 5.74) is 1.14. The molecule has 120 valence electrons. The largest absolute Gasteiger partial charge is 0.379 e. The van der Waals surface area contributed by atoms with Crippen molar-refractivity contribution in [2.45, 2.75) is 25.4 Å². The number of piperidine rings is 1. The molecule has 5 nitrogen and oxygen atoms in total. The van der Waals surface area contributed by atoms with Crippen molar-refractivity contribution in [3.8, 4) is 0 Å². The highest BCUT2D eigenvalue weighted by Gasteiger charge is 2.28. The molecule has 1 atom stereocenters. The molecule has 0 saturated carbocycles. The summed E-state index contributed by atoms with van der Waals surface area (Å²) >= 11 is 0. The summed E-state index contributed by atoms with van der Waals surface area (Å²) in [5.74, 6) is 0. The van der Waals surface area contributed by atoms with Crippen LogP contribution in [0.2, 0.25) is 0 Å². The van der Waals surface area contributed by atoms with E-state index in [-0.39, 0.29) is 6.03 Å². The summed E-state index contributed by atoms with van der Waals surface area (Å²) < 4.78 is 5.42. The van der Waals surface area contributed by atoms with Gasteiger partial charge in [-0.05, 0) is 18.4 Å². The highest BCUT2D eigenvalue weighted by molar-refractivity contribution is 5.74. The van der Waals surface area contributed by atoms with E-state index in [4.69, 9.17) is 4.74 Å². The first-order valence-electron chi connectivity index (χ1n) is 8.21. The Morgan fingerprint density at radius 1 is 1.18 bits per heavy atom. The fourth-order valence-electron chi connectivity index (χ4n) is 3.27. The number of hydrogen-bond acceptors (Lipinski definition) is 3. The molecular weight excluding hydrogens is 278 g/mol. The van der Waals surface area contributed by atoms with E-state index in [2.05, 4.69) is 10.2 Å². The third-order valence-electron chi connectivity index (χ3n) is 4.53. The van der Waals surface area contributed by atoms with Gasteiger partial charge < -0.3 is 15.0 Å². The zero-order valence-electron chi connectivity index (χ0n) is 13.0. The van der Waals surface area contributed by atoms with E-state index in [0.29, 0.717) is 12.6 Å². The number of carbonyl (C=O) groups is 1. The Bertz CT molecular complexity index is 474. The van der Waals surface area contributed by atoms with Crippen molar-refractivity contribution >= 4 is 6.03 Å². The van der Waals surface area contributed by atoms with Gasteiger partial charge in [0.1, 0.15) is 0 Å². The topological polar surface area (TPSA) is 44.8 Å². The van der Waals surface area contributed by atoms with Crippen LogP contribution in [0.1, 0.15) is 18.4 Å². The average Bonchev–Trinajstić information content (AvgIpc) is 2.61. The highest BCUT2D eigenvalue weighted by atomic mass is 16.5. The second kappa shape index (κ2) is 7.61. The van der Waals surface area contributed by atoms with Gasteiger partial charge in [-0.15, -0.1) is 0 Å². The van der Waals surface area contributed by atoms with Crippen molar-refractivity contribution in [1.29, 1.82) is 0 Å². The third-order valence-corrected chi connectivity index (χ3v) is 4.53. The number of rotatable bonds is 3. The van der Waals surface area contributed by atoms with E-state index in [1.165, 1.54) is 6.42 Å². The molecular formula is C17H25N3O2. The van der Waals surface area contributed by atoms with Crippen molar-refractivity contribution in [1.82, 2.24) is 15.1 Å². The number of nitrogens with one attached hydrogen (secondary N) is 1. The van der Waals surface area contributed by atoms with Crippen LogP contribution in [0.25, 0.3) is 0 Å². The summed E-state index contributed by atoms with van der Waals surface area (Å²) in [5, 5.41) is 3.04. The first-order chi connectivity index (χ1) is 10.8. The van der Waals surface area contributed by atoms with Crippen LogP contribution in [-0.4, -0.2) is 61.3 Å². The number of urea groups is 1. The first-order valence-corrected chi connectivity index (χ1v) is 8.21. The van der Waals surface area contributed by atoms with Gasteiger partial charge in [-0.2, -0.15) is 0 Å². The lowest BCUT2D eigenvalue weighted by Crippen LogP contribution is -2.54. The standard InChI is InChI=1S/C17H25N3O2/c21-17(18-13-15-5-2-1-3-6-15)20-8-4-7-16(14-20)19-9-11-22-12-10-19/h1-3,5-6,16H,4,7-14H2,(H,18,21). The lowest BCUT2D eigenvalue weighted by atomic mass is 10.0. The third kappa shape index (κ3) is 3.99. The highest BCUT2D eigenvalue weighted by Crippen LogP contribution is 2.17. The zero-order valence-corrected chi connectivity index (χ0v) is 13.0. The molecule has 0 bridgehead atoms. The van der Waals surface area contributed by atoms with Crippen LogP contribution < -0.4 is 5.32 Å². The predicted octanol–water partition coefficient (Wildman–Crippen LogP) is 1.69. The maximum atomic E-state index is 12.4. The number of hydrogen-bond donors (Lipinski definition) is 1. The monoisotopic (exact) mass is 303 g/mol. The molecule has 2 saturated heterocycles. The van der Waals surface area contributed by atoms with Gasteiger partial charge in [0.25, 0.3) is 0 Å². The van der Waals surface area contributed by atoms with Gasteiger partial charge in [-0.25, -0.2) is 4.79 Å². The second-order valence-corrected chi connectivity index (χ2v) is 6.03. The summed E-state index contributed by atoms with van der Waals surface area (Å²) in [6.45, 7) is 5.90. The molecule has 5 heteroatoms. The van der Waals surface area contributed by atoms with Crippen molar-refractivity contribution < 1.29 is 9.53 Å². The summed E-state index contributed by atoms with van der Waals surface area (Å²) in [6.07, 6.45) is 2.27. The molecule has 2 aliphatic rings. The molecule has 1 aromatic carbocycles. The molecule has 2 aliphatic heterocycles. The molecule has 2 heterocycles. The van der Waals surface area contributed by atoms with Crippen LogP contribution in [-0.2, 0) is 11.3 Å². The lowest BCUT2D eigenvalue weighted by molar-refractivity contribution is 0.00189. The van der Waals surface area contributed by atoms with Crippen LogP contribution in [0.5, 0.6) is 0 Å². The number of nitrogens with zero attached hydrogens (tertiary/aromatic N) is 2. The van der Waals surface area contributed by atoms with Gasteiger partial charge in [0.15, 0.2) is 0 Å². The van der Waals surface area contributed by atoms with E-state index < -0.39 is 0 Å². The van der Waals surface area contributed by atoms with Gasteiger partial charge in [0, 0.05) is 38.8 Å². The van der Waals surface area contributed by atoms with Gasteiger partial charge >= 0.3 is 6.03 Å². The minimum absolute atomic E-state index is 0.0572. The molecule has 22 heavy (non-hydrogen) atoms. The van der Waals surface area contributed by atoms with E-state index in [1.807, 2.05) is 35.2 Å². The second-order valence-electron chi connectivity index (χ2n) is 6.03. The fraction of sp³-hybridized carbons (Fsp3) is 0.588. The molecule has 2 fully saturated rings. The van der Waals surface area contributed by atoms with E-state index in [9.17, 15) is 4.79 Å². The molecule has 1 unspecified atom stereocenters. The lowest BCUT2D eigenvalue weighted by Gasteiger charge is -2.40. The molecule has 0 aromatic heterocycles. The Kier molecular flexibility index (Phi) is 5.29.